The van der Waals surface area contributed by atoms with Crippen LogP contribution < -0.4 is 5.48 Å². The lowest BCUT2D eigenvalue weighted by atomic mass is 10.2. The lowest BCUT2D eigenvalue weighted by Gasteiger charge is -2.26. The molecule has 1 aliphatic heterocycles. The number of hydroxylamine groups is 1. The Balaban J connectivity index is 1.49. The normalized spacial score (nSPS) is 16.7. The zero-order chi connectivity index (χ0) is 13.3. The van der Waals surface area contributed by atoms with Crippen LogP contribution in [-0.2, 0) is 16.1 Å². The predicted molar refractivity (Wildman–Crippen MR) is 71.1 cm³/mol. The molecule has 0 unspecified atom stereocenters. The fourth-order valence-corrected chi connectivity index (χ4v) is 1.99. The second-order valence-electron chi connectivity index (χ2n) is 4.60. The minimum absolute atomic E-state index is 0.213. The summed E-state index contributed by atoms with van der Waals surface area (Å²) in [6.45, 7) is 6.03. The van der Waals surface area contributed by atoms with E-state index >= 15 is 0 Å². The third-order valence-electron chi connectivity index (χ3n) is 3.12. The molecular weight excluding hydrogens is 247 g/mol. The summed E-state index contributed by atoms with van der Waals surface area (Å²) in [5.41, 5.74) is 3.90. The van der Waals surface area contributed by atoms with Crippen molar-refractivity contribution in [2.75, 3.05) is 39.5 Å². The molecule has 1 aliphatic rings. The van der Waals surface area contributed by atoms with E-state index in [1.807, 2.05) is 0 Å². The Morgan fingerprint density at radius 2 is 1.95 bits per heavy atom. The molecule has 1 aromatic rings. The Hall–Kier alpha value is -1.01. The first-order valence-electron chi connectivity index (χ1n) is 6.74. The van der Waals surface area contributed by atoms with E-state index in [1.54, 1.807) is 12.1 Å². The van der Waals surface area contributed by atoms with E-state index in [-0.39, 0.29) is 5.82 Å². The van der Waals surface area contributed by atoms with Gasteiger partial charge < -0.3 is 9.57 Å². The fourth-order valence-electron chi connectivity index (χ4n) is 1.99. The number of hydrogen-bond donors (Lipinski definition) is 1. The van der Waals surface area contributed by atoms with Gasteiger partial charge in [0.05, 0.1) is 19.8 Å². The molecule has 1 saturated heterocycles. The van der Waals surface area contributed by atoms with Gasteiger partial charge in [-0.1, -0.05) is 12.1 Å². The van der Waals surface area contributed by atoms with Crippen LogP contribution in [0.2, 0.25) is 0 Å². The Labute approximate surface area is 113 Å². The van der Waals surface area contributed by atoms with E-state index in [4.69, 9.17) is 9.57 Å². The van der Waals surface area contributed by atoms with Gasteiger partial charge in [-0.2, -0.15) is 5.48 Å². The third kappa shape index (κ3) is 5.65. The predicted octanol–water partition coefficient (Wildman–Crippen LogP) is 1.57. The molecule has 19 heavy (non-hydrogen) atoms. The van der Waals surface area contributed by atoms with Crippen LogP contribution >= 0.6 is 0 Å². The maximum Gasteiger partial charge on any atom is 0.123 e. The summed E-state index contributed by atoms with van der Waals surface area (Å²) in [5.74, 6) is -0.213. The van der Waals surface area contributed by atoms with E-state index in [2.05, 4.69) is 10.4 Å². The standard InChI is InChI=1S/C14H21FN2O2/c15-14-4-2-13(3-5-14)12-16-19-9-1-6-17-7-10-18-11-8-17/h2-5,16H,1,6-12H2. The maximum absolute atomic E-state index is 12.7. The van der Waals surface area contributed by atoms with Crippen LogP contribution in [0.15, 0.2) is 24.3 Å². The topological polar surface area (TPSA) is 33.7 Å². The molecule has 106 valence electrons. The Kier molecular flexibility index (Phi) is 6.23. The first kappa shape index (κ1) is 14.4. The average molecular weight is 268 g/mol. The molecule has 0 aliphatic carbocycles. The second-order valence-corrected chi connectivity index (χ2v) is 4.60. The van der Waals surface area contributed by atoms with E-state index < -0.39 is 0 Å². The SMILES string of the molecule is Fc1ccc(CNOCCCN2CCOCC2)cc1. The number of nitrogens with one attached hydrogen (secondary N) is 1. The molecule has 5 heteroatoms. The van der Waals surface area contributed by atoms with Crippen LogP contribution in [0.3, 0.4) is 0 Å². The van der Waals surface area contributed by atoms with Gasteiger partial charge in [0, 0.05) is 26.2 Å². The highest BCUT2D eigenvalue weighted by Gasteiger charge is 2.08. The summed E-state index contributed by atoms with van der Waals surface area (Å²) in [6.07, 6.45) is 0.996. The minimum atomic E-state index is -0.213. The number of rotatable bonds is 7. The van der Waals surface area contributed by atoms with Crippen molar-refractivity contribution < 1.29 is 14.0 Å². The minimum Gasteiger partial charge on any atom is -0.379 e. The van der Waals surface area contributed by atoms with Crippen molar-refractivity contribution in [2.45, 2.75) is 13.0 Å². The number of hydrogen-bond acceptors (Lipinski definition) is 4. The molecule has 1 fully saturated rings. The third-order valence-corrected chi connectivity index (χ3v) is 3.12. The van der Waals surface area contributed by atoms with E-state index in [0.29, 0.717) is 13.2 Å². The van der Waals surface area contributed by atoms with Gasteiger partial charge in [-0.3, -0.25) is 4.90 Å². The van der Waals surface area contributed by atoms with Crippen molar-refractivity contribution in [3.05, 3.63) is 35.6 Å². The van der Waals surface area contributed by atoms with E-state index in [9.17, 15) is 4.39 Å². The highest BCUT2D eigenvalue weighted by molar-refractivity contribution is 5.15. The molecule has 0 radical (unpaired) electrons. The highest BCUT2D eigenvalue weighted by Crippen LogP contribution is 2.02. The number of halogens is 1. The summed E-state index contributed by atoms with van der Waals surface area (Å²) in [6, 6.07) is 6.41. The van der Waals surface area contributed by atoms with Gasteiger partial charge in [0.25, 0.3) is 0 Å². The number of nitrogens with zero attached hydrogens (tertiary/aromatic N) is 1. The van der Waals surface area contributed by atoms with Crippen LogP contribution in [0.5, 0.6) is 0 Å². The van der Waals surface area contributed by atoms with Crippen LogP contribution in [0, 0.1) is 5.82 Å². The van der Waals surface area contributed by atoms with Crippen molar-refractivity contribution in [1.82, 2.24) is 10.4 Å². The van der Waals surface area contributed by atoms with Gasteiger partial charge in [0.15, 0.2) is 0 Å². The summed E-state index contributed by atoms with van der Waals surface area (Å²) in [7, 11) is 0. The molecule has 0 bridgehead atoms. The zero-order valence-electron chi connectivity index (χ0n) is 11.1. The van der Waals surface area contributed by atoms with Crippen LogP contribution in [0.1, 0.15) is 12.0 Å². The van der Waals surface area contributed by atoms with Crippen molar-refractivity contribution in [2.24, 2.45) is 0 Å². The zero-order valence-corrected chi connectivity index (χ0v) is 11.1. The fraction of sp³-hybridized carbons (Fsp3) is 0.571. The van der Waals surface area contributed by atoms with E-state index in [1.165, 1.54) is 12.1 Å². The van der Waals surface area contributed by atoms with Crippen LogP contribution in [0.4, 0.5) is 4.39 Å². The summed E-state index contributed by atoms with van der Waals surface area (Å²) in [4.78, 5) is 7.74. The van der Waals surface area contributed by atoms with Gasteiger partial charge in [0.2, 0.25) is 0 Å². The smallest absolute Gasteiger partial charge is 0.123 e. The van der Waals surface area contributed by atoms with Gasteiger partial charge in [-0.15, -0.1) is 0 Å². The Morgan fingerprint density at radius 3 is 2.68 bits per heavy atom. The molecule has 0 atom stereocenters. The molecule has 0 amide bonds. The molecule has 4 nitrogen and oxygen atoms in total. The van der Waals surface area contributed by atoms with Crippen LogP contribution in [0.25, 0.3) is 0 Å². The first-order chi connectivity index (χ1) is 9.34. The quantitative estimate of drug-likeness (QED) is 0.601. The van der Waals surface area contributed by atoms with Gasteiger partial charge >= 0.3 is 0 Å². The van der Waals surface area contributed by atoms with Gasteiger partial charge in [-0.05, 0) is 24.1 Å². The summed E-state index contributed by atoms with van der Waals surface area (Å²) >= 11 is 0. The number of ether oxygens (including phenoxy) is 1. The van der Waals surface area contributed by atoms with Crippen molar-refractivity contribution in [1.29, 1.82) is 0 Å². The van der Waals surface area contributed by atoms with E-state index in [0.717, 1.165) is 44.8 Å². The molecule has 1 aromatic carbocycles. The number of morpholine rings is 1. The Morgan fingerprint density at radius 1 is 1.21 bits per heavy atom. The first-order valence-corrected chi connectivity index (χ1v) is 6.74. The monoisotopic (exact) mass is 268 g/mol. The summed E-state index contributed by atoms with van der Waals surface area (Å²) in [5, 5.41) is 0. The Bertz CT molecular complexity index is 353. The maximum atomic E-state index is 12.7. The molecule has 1 N–H and O–H groups in total. The average Bonchev–Trinajstić information content (AvgIpc) is 2.46. The number of benzene rings is 1. The second kappa shape index (κ2) is 8.22. The summed E-state index contributed by atoms with van der Waals surface area (Å²) < 4.78 is 18.0. The van der Waals surface area contributed by atoms with Crippen molar-refractivity contribution >= 4 is 0 Å². The van der Waals surface area contributed by atoms with Crippen LogP contribution in [-0.4, -0.2) is 44.4 Å². The largest absolute Gasteiger partial charge is 0.379 e. The molecule has 0 saturated carbocycles. The molecule has 0 aromatic heterocycles. The van der Waals surface area contributed by atoms with Gasteiger partial charge in [0.1, 0.15) is 5.82 Å². The molecule has 0 spiro atoms. The lowest BCUT2D eigenvalue weighted by Crippen LogP contribution is -2.37. The van der Waals surface area contributed by atoms with Crippen molar-refractivity contribution in [3.63, 3.8) is 0 Å². The molecular formula is C14H21FN2O2. The van der Waals surface area contributed by atoms with Gasteiger partial charge in [-0.25, -0.2) is 4.39 Å². The lowest BCUT2D eigenvalue weighted by molar-refractivity contribution is 0.0132. The molecule has 1 heterocycles. The highest BCUT2D eigenvalue weighted by atomic mass is 19.1. The van der Waals surface area contributed by atoms with Crippen molar-refractivity contribution in [3.8, 4) is 0 Å². The molecule has 2 rings (SSSR count).